The van der Waals surface area contributed by atoms with Gasteiger partial charge in [-0.15, -0.1) is 11.8 Å². The summed E-state index contributed by atoms with van der Waals surface area (Å²) in [5.41, 5.74) is 9.50. The van der Waals surface area contributed by atoms with Crippen molar-refractivity contribution in [2.24, 2.45) is 10.8 Å². The maximum absolute atomic E-state index is 12.0. The first-order valence-corrected chi connectivity index (χ1v) is 9.50. The van der Waals surface area contributed by atoms with Gasteiger partial charge in [-0.3, -0.25) is 9.59 Å². The molecule has 3 rings (SSSR count). The number of para-hydroxylation sites is 1. The summed E-state index contributed by atoms with van der Waals surface area (Å²) in [5, 5.41) is 4.96. The normalized spacial score (nSPS) is 11.0. The third-order valence-corrected chi connectivity index (χ3v) is 4.98. The van der Waals surface area contributed by atoms with Crippen molar-refractivity contribution in [3.05, 3.63) is 60.3 Å². The molecule has 28 heavy (non-hydrogen) atoms. The molecule has 0 saturated carbocycles. The molecule has 0 unspecified atom stereocenters. The number of nitrogens with one attached hydrogen (secondary N) is 1. The molecule has 2 amide bonds. The van der Waals surface area contributed by atoms with Gasteiger partial charge < -0.3 is 15.0 Å². The molecule has 144 valence electrons. The van der Waals surface area contributed by atoms with E-state index in [-0.39, 0.29) is 18.2 Å². The number of carbonyl (C=O) groups excluding carboxylic acids is 2. The Kier molecular flexibility index (Phi) is 6.33. The highest BCUT2D eigenvalue weighted by Crippen LogP contribution is 2.21. The first-order valence-electron chi connectivity index (χ1n) is 8.52. The molecule has 0 bridgehead atoms. The van der Waals surface area contributed by atoms with E-state index in [1.165, 1.54) is 11.8 Å². The molecule has 7 nitrogen and oxygen atoms in total. The number of hydrazone groups is 1. The van der Waals surface area contributed by atoms with Gasteiger partial charge in [-0.05, 0) is 30.3 Å². The van der Waals surface area contributed by atoms with Crippen molar-refractivity contribution in [2.45, 2.75) is 11.4 Å². The van der Waals surface area contributed by atoms with E-state index in [0.717, 1.165) is 27.1 Å². The minimum Gasteiger partial charge on any atom is -0.497 e. The van der Waals surface area contributed by atoms with Gasteiger partial charge in [0.25, 0.3) is 0 Å². The first-order chi connectivity index (χ1) is 13.6. The summed E-state index contributed by atoms with van der Waals surface area (Å²) >= 11 is 1.41. The molecule has 3 aromatic rings. The average Bonchev–Trinajstić information content (AvgIpc) is 3.04. The predicted octanol–water partition coefficient (Wildman–Crippen LogP) is 2.38. The lowest BCUT2D eigenvalue weighted by molar-refractivity contribution is -0.119. The number of amides is 2. The zero-order chi connectivity index (χ0) is 19.9. The maximum Gasteiger partial charge on any atom is 0.250 e. The van der Waals surface area contributed by atoms with Crippen LogP contribution in [0.15, 0.2) is 64.7 Å². The second-order valence-corrected chi connectivity index (χ2v) is 7.00. The van der Waals surface area contributed by atoms with Crippen molar-refractivity contribution < 1.29 is 14.3 Å². The van der Waals surface area contributed by atoms with Crippen molar-refractivity contribution in [1.29, 1.82) is 0 Å². The summed E-state index contributed by atoms with van der Waals surface area (Å²) in [6, 6.07) is 15.1. The zero-order valence-corrected chi connectivity index (χ0v) is 16.1. The summed E-state index contributed by atoms with van der Waals surface area (Å²) in [6.07, 6.45) is 3.35. The Morgan fingerprint density at radius 2 is 1.96 bits per heavy atom. The van der Waals surface area contributed by atoms with Crippen LogP contribution in [0.4, 0.5) is 0 Å². The standard InChI is InChI=1S/C20H20N4O3S/c1-27-15-6-8-16(9-7-15)28-13-20(26)23-22-10-14-11-24(12-19(21)25)18-5-3-2-4-17(14)18/h2-11H,12-13H2,1H3,(H2,21,25)(H,23,26)/b22-10+. The fraction of sp³-hybridized carbons (Fsp3) is 0.150. The number of nitrogens with two attached hydrogens (primary N) is 1. The Balaban J connectivity index is 1.60. The van der Waals surface area contributed by atoms with Gasteiger partial charge in [0.05, 0.1) is 19.1 Å². The molecular formula is C20H20N4O3S. The van der Waals surface area contributed by atoms with E-state index in [0.29, 0.717) is 0 Å². The van der Waals surface area contributed by atoms with Gasteiger partial charge in [0.1, 0.15) is 12.3 Å². The largest absolute Gasteiger partial charge is 0.497 e. The van der Waals surface area contributed by atoms with Crippen LogP contribution < -0.4 is 15.9 Å². The monoisotopic (exact) mass is 396 g/mol. The van der Waals surface area contributed by atoms with Crippen LogP contribution in [0.25, 0.3) is 10.9 Å². The SMILES string of the molecule is COc1ccc(SCC(=O)N/N=C/c2cn(CC(N)=O)c3ccccc23)cc1. The second kappa shape index (κ2) is 9.09. The van der Waals surface area contributed by atoms with E-state index in [1.54, 1.807) is 24.1 Å². The summed E-state index contributed by atoms with van der Waals surface area (Å²) in [5.74, 6) is 0.382. The number of benzene rings is 2. The smallest absolute Gasteiger partial charge is 0.250 e. The number of nitrogens with zero attached hydrogens (tertiary/aromatic N) is 2. The lowest BCUT2D eigenvalue weighted by atomic mass is 10.2. The van der Waals surface area contributed by atoms with Gasteiger partial charge in [0, 0.05) is 27.6 Å². The van der Waals surface area contributed by atoms with E-state index >= 15 is 0 Å². The van der Waals surface area contributed by atoms with Crippen LogP contribution in [0.5, 0.6) is 5.75 Å². The van der Waals surface area contributed by atoms with Gasteiger partial charge in [-0.25, -0.2) is 5.43 Å². The van der Waals surface area contributed by atoms with Crippen molar-refractivity contribution in [3.8, 4) is 5.75 Å². The Morgan fingerprint density at radius 3 is 2.68 bits per heavy atom. The van der Waals surface area contributed by atoms with Crippen LogP contribution in [-0.2, 0) is 16.1 Å². The second-order valence-electron chi connectivity index (χ2n) is 5.95. The predicted molar refractivity (Wildman–Crippen MR) is 111 cm³/mol. The fourth-order valence-corrected chi connectivity index (χ4v) is 3.39. The Bertz CT molecular complexity index is 1010. The molecular weight excluding hydrogens is 376 g/mol. The van der Waals surface area contributed by atoms with Crippen LogP contribution >= 0.6 is 11.8 Å². The van der Waals surface area contributed by atoms with Gasteiger partial charge in [0.2, 0.25) is 11.8 Å². The highest BCUT2D eigenvalue weighted by atomic mass is 32.2. The Morgan fingerprint density at radius 1 is 1.21 bits per heavy atom. The molecule has 0 spiro atoms. The quantitative estimate of drug-likeness (QED) is 0.347. The fourth-order valence-electron chi connectivity index (χ4n) is 2.70. The molecule has 1 heterocycles. The Labute approximate surface area is 166 Å². The Hall–Kier alpha value is -3.26. The van der Waals surface area contributed by atoms with Crippen molar-refractivity contribution in [3.63, 3.8) is 0 Å². The van der Waals surface area contributed by atoms with E-state index in [2.05, 4.69) is 10.5 Å². The molecule has 3 N–H and O–H groups in total. The molecule has 0 saturated heterocycles. The summed E-state index contributed by atoms with van der Waals surface area (Å²) < 4.78 is 6.87. The van der Waals surface area contributed by atoms with E-state index in [1.807, 2.05) is 48.5 Å². The maximum atomic E-state index is 12.0. The lowest BCUT2D eigenvalue weighted by Crippen LogP contribution is -2.19. The number of rotatable bonds is 8. The molecule has 0 radical (unpaired) electrons. The van der Waals surface area contributed by atoms with Crippen LogP contribution in [0.1, 0.15) is 5.56 Å². The topological polar surface area (TPSA) is 98.7 Å². The number of ether oxygens (including phenoxy) is 1. The minimum atomic E-state index is -0.423. The van der Waals surface area contributed by atoms with Gasteiger partial charge >= 0.3 is 0 Å². The molecule has 8 heteroatoms. The average molecular weight is 396 g/mol. The number of fused-ring (bicyclic) bond motifs is 1. The van der Waals surface area contributed by atoms with Crippen molar-refractivity contribution in [1.82, 2.24) is 9.99 Å². The summed E-state index contributed by atoms with van der Waals surface area (Å²) in [4.78, 5) is 24.2. The lowest BCUT2D eigenvalue weighted by Gasteiger charge is -2.02. The third-order valence-electron chi connectivity index (χ3n) is 3.97. The van der Waals surface area contributed by atoms with E-state index < -0.39 is 5.91 Å². The summed E-state index contributed by atoms with van der Waals surface area (Å²) in [6.45, 7) is 0.0826. The van der Waals surface area contributed by atoms with Gasteiger partial charge in [-0.2, -0.15) is 5.10 Å². The molecule has 0 fully saturated rings. The number of methoxy groups -OCH3 is 1. The number of aromatic nitrogens is 1. The highest BCUT2D eigenvalue weighted by molar-refractivity contribution is 8.00. The van der Waals surface area contributed by atoms with Crippen molar-refractivity contribution in [2.75, 3.05) is 12.9 Å². The summed E-state index contributed by atoms with van der Waals surface area (Å²) in [7, 11) is 1.61. The third kappa shape index (κ3) is 4.92. The van der Waals surface area contributed by atoms with Crippen LogP contribution in [0.3, 0.4) is 0 Å². The molecule has 0 aliphatic rings. The zero-order valence-electron chi connectivity index (χ0n) is 15.3. The molecule has 0 aliphatic heterocycles. The highest BCUT2D eigenvalue weighted by Gasteiger charge is 2.08. The molecule has 2 aromatic carbocycles. The molecule has 0 aliphatic carbocycles. The van der Waals surface area contributed by atoms with E-state index in [9.17, 15) is 9.59 Å². The first kappa shape index (κ1) is 19.5. The number of thioether (sulfide) groups is 1. The van der Waals surface area contributed by atoms with Gasteiger partial charge in [-0.1, -0.05) is 18.2 Å². The number of hydrogen-bond donors (Lipinski definition) is 2. The molecule has 1 aromatic heterocycles. The molecule has 0 atom stereocenters. The van der Waals surface area contributed by atoms with Crippen molar-refractivity contribution >= 4 is 40.7 Å². The van der Waals surface area contributed by atoms with E-state index in [4.69, 9.17) is 10.5 Å². The minimum absolute atomic E-state index is 0.0826. The van der Waals surface area contributed by atoms with Crippen LogP contribution in [0, 0.1) is 0 Å². The van der Waals surface area contributed by atoms with Gasteiger partial charge in [0.15, 0.2) is 0 Å². The number of carbonyl (C=O) groups is 2. The number of hydrogen-bond acceptors (Lipinski definition) is 5. The van der Waals surface area contributed by atoms with Crippen LogP contribution in [-0.4, -0.2) is 35.5 Å². The number of primary amides is 1. The van der Waals surface area contributed by atoms with Crippen LogP contribution in [0.2, 0.25) is 0 Å².